The molecule has 0 saturated heterocycles. The third-order valence-corrected chi connectivity index (χ3v) is 2.17. The molecule has 7 heteroatoms. The summed E-state index contributed by atoms with van der Waals surface area (Å²) in [7, 11) is 3.28. The third kappa shape index (κ3) is 3.76. The Balaban J connectivity index is 2.59. The zero-order chi connectivity index (χ0) is 13.4. The number of anilines is 2. The van der Waals surface area contributed by atoms with E-state index in [-0.39, 0.29) is 12.4 Å². The fourth-order valence-corrected chi connectivity index (χ4v) is 1.39. The molecule has 0 radical (unpaired) electrons. The van der Waals surface area contributed by atoms with Gasteiger partial charge < -0.3 is 20.1 Å². The van der Waals surface area contributed by atoms with Gasteiger partial charge in [0, 0.05) is 13.6 Å². The van der Waals surface area contributed by atoms with Crippen LogP contribution in [0.25, 0.3) is 0 Å². The molecule has 1 rings (SSSR count). The number of methoxy groups -OCH3 is 1. The van der Waals surface area contributed by atoms with Crippen molar-refractivity contribution in [3.05, 3.63) is 6.33 Å². The monoisotopic (exact) mass is 254 g/mol. The molecule has 0 unspecified atom stereocenters. The van der Waals surface area contributed by atoms with Crippen molar-refractivity contribution in [1.29, 1.82) is 0 Å². The van der Waals surface area contributed by atoms with Gasteiger partial charge in [0.25, 0.3) is 0 Å². The summed E-state index contributed by atoms with van der Waals surface area (Å²) in [5.74, 6) is 1.41. The van der Waals surface area contributed by atoms with Crippen molar-refractivity contribution in [3.63, 3.8) is 0 Å². The minimum atomic E-state index is -0.244. The van der Waals surface area contributed by atoms with Crippen molar-refractivity contribution in [2.75, 3.05) is 37.9 Å². The van der Waals surface area contributed by atoms with Gasteiger partial charge in [-0.3, -0.25) is 4.79 Å². The molecule has 18 heavy (non-hydrogen) atoms. The maximum atomic E-state index is 11.2. The first-order valence-electron chi connectivity index (χ1n) is 5.69. The maximum absolute atomic E-state index is 11.2. The molecule has 1 aromatic heterocycles. The largest absolute Gasteiger partial charge is 0.490 e. The molecule has 7 nitrogen and oxygen atoms in total. The first-order valence-corrected chi connectivity index (χ1v) is 5.69. The smallest absolute Gasteiger partial charge is 0.307 e. The quantitative estimate of drug-likeness (QED) is 0.699. The number of aromatic nitrogens is 2. The van der Waals surface area contributed by atoms with E-state index in [1.54, 1.807) is 14.0 Å². The predicted octanol–water partition coefficient (Wildman–Crippen LogP) is 0.892. The Morgan fingerprint density at radius 3 is 2.72 bits per heavy atom. The zero-order valence-corrected chi connectivity index (χ0v) is 10.8. The van der Waals surface area contributed by atoms with Crippen LogP contribution in [-0.4, -0.2) is 43.2 Å². The van der Waals surface area contributed by atoms with Gasteiger partial charge in [-0.25, -0.2) is 9.97 Å². The van der Waals surface area contributed by atoms with Gasteiger partial charge in [-0.1, -0.05) is 0 Å². The lowest BCUT2D eigenvalue weighted by Gasteiger charge is -2.12. The molecule has 0 aliphatic rings. The van der Waals surface area contributed by atoms with Crippen molar-refractivity contribution in [2.24, 2.45) is 0 Å². The van der Waals surface area contributed by atoms with Crippen LogP contribution in [-0.2, 0) is 9.53 Å². The number of rotatable bonds is 7. The first-order chi connectivity index (χ1) is 8.72. The second-order valence-electron chi connectivity index (χ2n) is 3.34. The van der Waals surface area contributed by atoms with Gasteiger partial charge in [0.1, 0.15) is 6.33 Å². The highest BCUT2D eigenvalue weighted by Crippen LogP contribution is 2.28. The lowest BCUT2D eigenvalue weighted by molar-refractivity contribution is -0.142. The third-order valence-electron chi connectivity index (χ3n) is 2.17. The highest BCUT2D eigenvalue weighted by molar-refractivity contribution is 5.70. The van der Waals surface area contributed by atoms with E-state index in [1.807, 2.05) is 0 Å². The topological polar surface area (TPSA) is 85.4 Å². The molecule has 0 aliphatic carbocycles. The van der Waals surface area contributed by atoms with Crippen LogP contribution < -0.4 is 15.4 Å². The van der Waals surface area contributed by atoms with Gasteiger partial charge >= 0.3 is 5.97 Å². The van der Waals surface area contributed by atoms with E-state index in [4.69, 9.17) is 9.47 Å². The number of nitrogens with zero attached hydrogens (tertiary/aromatic N) is 2. The van der Waals surface area contributed by atoms with E-state index >= 15 is 0 Å². The molecular formula is C11H18N4O3. The summed E-state index contributed by atoms with van der Waals surface area (Å²) >= 11 is 0. The summed E-state index contributed by atoms with van der Waals surface area (Å²) in [6.45, 7) is 2.59. The fraction of sp³-hybridized carbons (Fsp3) is 0.545. The van der Waals surface area contributed by atoms with Crippen LogP contribution in [0.15, 0.2) is 6.33 Å². The molecule has 1 heterocycles. The fourth-order valence-electron chi connectivity index (χ4n) is 1.39. The van der Waals surface area contributed by atoms with E-state index in [9.17, 15) is 4.79 Å². The molecule has 0 spiro atoms. The second kappa shape index (κ2) is 7.31. The van der Waals surface area contributed by atoms with Crippen LogP contribution in [0.5, 0.6) is 5.75 Å². The zero-order valence-electron chi connectivity index (χ0n) is 10.8. The molecule has 0 saturated carbocycles. The molecule has 100 valence electrons. The number of nitrogens with one attached hydrogen (secondary N) is 2. The molecule has 0 atom stereocenters. The normalized spacial score (nSPS) is 9.72. The average molecular weight is 254 g/mol. The number of ether oxygens (including phenoxy) is 2. The summed E-state index contributed by atoms with van der Waals surface area (Å²) in [5.41, 5.74) is 0. The Morgan fingerprint density at radius 2 is 2.11 bits per heavy atom. The summed E-state index contributed by atoms with van der Waals surface area (Å²) in [4.78, 5) is 19.3. The molecule has 0 fully saturated rings. The average Bonchev–Trinajstić information content (AvgIpc) is 2.38. The Labute approximate surface area is 106 Å². The van der Waals surface area contributed by atoms with Crippen LogP contribution >= 0.6 is 0 Å². The van der Waals surface area contributed by atoms with Crippen molar-refractivity contribution >= 4 is 17.6 Å². The van der Waals surface area contributed by atoms with E-state index in [1.165, 1.54) is 13.4 Å². The Kier molecular flexibility index (Phi) is 5.69. The number of esters is 1. The summed E-state index contributed by atoms with van der Waals surface area (Å²) in [5, 5.41) is 5.91. The first kappa shape index (κ1) is 14.0. The van der Waals surface area contributed by atoms with Gasteiger partial charge in [0.05, 0.1) is 20.1 Å². The molecule has 0 bridgehead atoms. The van der Waals surface area contributed by atoms with Crippen LogP contribution in [0.4, 0.5) is 11.6 Å². The minimum Gasteiger partial charge on any atom is -0.490 e. The highest BCUT2D eigenvalue weighted by Gasteiger charge is 2.11. The van der Waals surface area contributed by atoms with Crippen molar-refractivity contribution in [2.45, 2.75) is 13.3 Å². The Morgan fingerprint density at radius 1 is 1.39 bits per heavy atom. The van der Waals surface area contributed by atoms with Gasteiger partial charge in [0.15, 0.2) is 11.6 Å². The van der Waals surface area contributed by atoms with Crippen LogP contribution in [0.3, 0.4) is 0 Å². The van der Waals surface area contributed by atoms with Gasteiger partial charge in [-0.2, -0.15) is 0 Å². The molecule has 0 aromatic carbocycles. The lowest BCUT2D eigenvalue weighted by Crippen LogP contribution is -2.13. The summed E-state index contributed by atoms with van der Waals surface area (Å²) < 4.78 is 10.0. The number of hydrogen-bond donors (Lipinski definition) is 2. The molecule has 0 aliphatic heterocycles. The maximum Gasteiger partial charge on any atom is 0.307 e. The van der Waals surface area contributed by atoms with Crippen molar-refractivity contribution in [3.8, 4) is 5.75 Å². The molecule has 0 amide bonds. The Hall–Kier alpha value is -2.05. The minimum absolute atomic E-state index is 0.244. The van der Waals surface area contributed by atoms with Crippen molar-refractivity contribution in [1.82, 2.24) is 9.97 Å². The van der Waals surface area contributed by atoms with E-state index < -0.39 is 0 Å². The van der Waals surface area contributed by atoms with Crippen molar-refractivity contribution < 1.29 is 14.3 Å². The molecular weight excluding hydrogens is 236 g/mol. The molecule has 1 aromatic rings. The lowest BCUT2D eigenvalue weighted by atomic mass is 10.4. The van der Waals surface area contributed by atoms with Gasteiger partial charge in [0.2, 0.25) is 5.75 Å². The number of carbonyl (C=O) groups is 1. The second-order valence-corrected chi connectivity index (χ2v) is 3.34. The van der Waals surface area contributed by atoms with Crippen LogP contribution in [0.2, 0.25) is 0 Å². The Bertz CT molecular complexity index is 398. The SMILES string of the molecule is CCOC(=O)CCNc1ncnc(NC)c1OC. The van der Waals surface area contributed by atoms with Gasteiger partial charge in [-0.15, -0.1) is 0 Å². The molecule has 2 N–H and O–H groups in total. The highest BCUT2D eigenvalue weighted by atomic mass is 16.5. The van der Waals surface area contributed by atoms with Crippen LogP contribution in [0, 0.1) is 0 Å². The number of carbonyl (C=O) groups excluding carboxylic acids is 1. The van der Waals surface area contributed by atoms with Crippen LogP contribution in [0.1, 0.15) is 13.3 Å². The van der Waals surface area contributed by atoms with E-state index in [0.29, 0.717) is 30.5 Å². The van der Waals surface area contributed by atoms with E-state index in [0.717, 1.165) is 0 Å². The standard InChI is InChI=1S/C11H18N4O3/c1-4-18-8(16)5-6-13-11-9(17-3)10(12-2)14-7-15-11/h7H,4-6H2,1-3H3,(H2,12,13,14,15). The summed E-state index contributed by atoms with van der Waals surface area (Å²) in [6.07, 6.45) is 1.69. The van der Waals surface area contributed by atoms with E-state index in [2.05, 4.69) is 20.6 Å². The summed E-state index contributed by atoms with van der Waals surface area (Å²) in [6, 6.07) is 0. The van der Waals surface area contributed by atoms with Gasteiger partial charge in [-0.05, 0) is 6.92 Å². The number of hydrogen-bond acceptors (Lipinski definition) is 7. The predicted molar refractivity (Wildman–Crippen MR) is 67.9 cm³/mol.